The third kappa shape index (κ3) is 22.5. The topological polar surface area (TPSA) is 310 Å². The molecule has 4 fully saturated rings. The molecule has 20 rings (SSSR count). The second kappa shape index (κ2) is 44.6. The molecule has 16 aromatic rings. The molecule has 0 bridgehead atoms. The van der Waals surface area contributed by atoms with Gasteiger partial charge < -0.3 is 33.8 Å². The smallest absolute Gasteiger partial charge is 0.261 e. The summed E-state index contributed by atoms with van der Waals surface area (Å²) in [7, 11) is 0. The highest BCUT2D eigenvalue weighted by molar-refractivity contribution is 7.18. The molecule has 11 heterocycles. The monoisotopic (exact) mass is 2000 g/mol. The van der Waals surface area contributed by atoms with Crippen LogP contribution in [0.3, 0.4) is 0 Å². The third-order valence-electron chi connectivity index (χ3n) is 27.4. The molecule has 4 aliphatic rings. The lowest BCUT2D eigenvalue weighted by molar-refractivity contribution is 0.0919. The molecule has 5 aromatic carbocycles. The Hall–Kier alpha value is -12.4. The van der Waals surface area contributed by atoms with E-state index in [9.17, 15) is 53.8 Å². The fourth-order valence-corrected chi connectivity index (χ4v) is 24.8. The molecule has 22 nitrogen and oxygen atoms in total. The van der Waals surface area contributed by atoms with Crippen molar-refractivity contribution in [3.63, 3.8) is 0 Å². The van der Waals surface area contributed by atoms with Gasteiger partial charge in [-0.25, -0.2) is 24.9 Å². The summed E-state index contributed by atoms with van der Waals surface area (Å²) in [5.41, 5.74) is 11.8. The molecule has 29 heteroatoms. The first-order chi connectivity index (χ1) is 67.8. The number of hydrogen-bond acceptors (Lipinski definition) is 22. The van der Waals surface area contributed by atoms with Crippen molar-refractivity contribution >= 4 is 170 Å². The molecular weight excluding hydrogens is 1890 g/mol. The average molecular weight is 2000 g/mol. The Morgan fingerprint density at radius 1 is 0.429 bits per heavy atom. The second-order valence-corrected chi connectivity index (χ2v) is 43.9. The number of nitrogens with one attached hydrogen (secondary N) is 1. The zero-order valence-corrected chi connectivity index (χ0v) is 84.8. The predicted molar refractivity (Wildman–Crippen MR) is 561 cm³/mol. The maximum absolute atomic E-state index is 12.9. The Balaban J connectivity index is 0.000000129. The first-order valence-corrected chi connectivity index (χ1v) is 53.3. The fourth-order valence-electron chi connectivity index (χ4n) is 20.5. The molecule has 0 spiro atoms. The molecule has 0 saturated heterocycles. The molecule has 8 atom stereocenters. The number of hydrogen-bond donors (Lipinski definition) is 3. The van der Waals surface area contributed by atoms with E-state index in [1.165, 1.54) is 22.4 Å². The molecule has 0 unspecified atom stereocenters. The van der Waals surface area contributed by atoms with Gasteiger partial charge >= 0.3 is 0 Å². The lowest BCUT2D eigenvalue weighted by atomic mass is 9.82. The number of carbonyl (C=O) groups excluding carboxylic acids is 8. The third-order valence-corrected chi connectivity index (χ3v) is 32.8. The largest absolute Gasteiger partial charge is 0.507 e. The zero-order chi connectivity index (χ0) is 98.1. The quantitative estimate of drug-likeness (QED) is 0.0403. The Morgan fingerprint density at radius 2 is 0.857 bits per heavy atom. The van der Waals surface area contributed by atoms with E-state index in [0.29, 0.717) is 140 Å². The number of thiophene rings is 5. The number of ketones is 7. The highest BCUT2D eigenvalue weighted by Crippen LogP contribution is 2.47. The number of aryl methyl sites for hydroxylation is 3. The van der Waals surface area contributed by atoms with Crippen LogP contribution >= 0.6 is 79.9 Å². The number of imidazole rings is 4. The summed E-state index contributed by atoms with van der Waals surface area (Å²) in [6.07, 6.45) is 22.1. The molecule has 4 aliphatic carbocycles. The van der Waals surface area contributed by atoms with Gasteiger partial charge in [-0.2, -0.15) is 5.26 Å². The van der Waals surface area contributed by atoms with Gasteiger partial charge in [0.05, 0.1) is 90.2 Å². The van der Waals surface area contributed by atoms with Gasteiger partial charge in [0.2, 0.25) is 0 Å². The number of nitriles is 1. The number of halogens is 2. The van der Waals surface area contributed by atoms with Crippen molar-refractivity contribution in [2.45, 2.75) is 226 Å². The van der Waals surface area contributed by atoms with Crippen LogP contribution in [0.25, 0.3) is 89.3 Å². The molecule has 3 N–H and O–H groups in total. The highest BCUT2D eigenvalue weighted by atomic mass is 35.5. The summed E-state index contributed by atoms with van der Waals surface area (Å²) in [6, 6.07) is 57.1. The molecule has 4 saturated carbocycles. The Bertz CT molecular complexity index is 7370. The van der Waals surface area contributed by atoms with E-state index in [1.807, 2.05) is 152 Å². The van der Waals surface area contributed by atoms with Crippen LogP contribution in [0.15, 0.2) is 194 Å². The summed E-state index contributed by atoms with van der Waals surface area (Å²) in [4.78, 5) is 137. The van der Waals surface area contributed by atoms with Crippen molar-refractivity contribution in [3.05, 3.63) is 265 Å². The molecular formula is C111H110Cl2N12O10S5. The van der Waals surface area contributed by atoms with Crippen molar-refractivity contribution in [1.82, 2.24) is 53.5 Å². The van der Waals surface area contributed by atoms with Gasteiger partial charge in [-0.3, -0.25) is 43.3 Å². The number of aromatic nitrogens is 10. The Labute approximate surface area is 843 Å². The van der Waals surface area contributed by atoms with Gasteiger partial charge in [0, 0.05) is 123 Å². The van der Waals surface area contributed by atoms with Gasteiger partial charge in [-0.1, -0.05) is 76.2 Å². The summed E-state index contributed by atoms with van der Waals surface area (Å²) < 4.78 is 9.53. The van der Waals surface area contributed by atoms with E-state index in [-0.39, 0.29) is 88.0 Å². The van der Waals surface area contributed by atoms with Crippen molar-refractivity contribution in [1.29, 1.82) is 5.26 Å². The summed E-state index contributed by atoms with van der Waals surface area (Å²) in [6.45, 7) is 13.5. The normalized spacial score (nSPS) is 18.1. The predicted octanol–water partition coefficient (Wildman–Crippen LogP) is 28.7. The Morgan fingerprint density at radius 3 is 1.28 bits per heavy atom. The van der Waals surface area contributed by atoms with Crippen LogP contribution in [0, 0.1) is 49.9 Å². The van der Waals surface area contributed by atoms with Crippen LogP contribution in [-0.4, -0.2) is 111 Å². The summed E-state index contributed by atoms with van der Waals surface area (Å²) in [5, 5.41) is 35.9. The van der Waals surface area contributed by atoms with Crippen molar-refractivity contribution in [2.75, 3.05) is 0 Å². The van der Waals surface area contributed by atoms with Crippen LogP contribution < -0.4 is 5.32 Å². The second-order valence-electron chi connectivity index (χ2n) is 37.0. The number of phenols is 1. The molecule has 140 heavy (non-hydrogen) atoms. The molecule has 1 amide bonds. The van der Waals surface area contributed by atoms with E-state index in [1.54, 1.807) is 106 Å². The minimum absolute atomic E-state index is 0.0173. The van der Waals surface area contributed by atoms with Crippen molar-refractivity contribution in [2.24, 2.45) is 17.8 Å². The zero-order valence-electron chi connectivity index (χ0n) is 79.2. The van der Waals surface area contributed by atoms with Crippen LogP contribution in [0.2, 0.25) is 9.36 Å². The number of nitrogens with zero attached hydrogens (tertiary/aromatic N) is 11. The van der Waals surface area contributed by atoms with Crippen LogP contribution in [0.1, 0.15) is 300 Å². The van der Waals surface area contributed by atoms with Crippen molar-refractivity contribution < 1.29 is 48.6 Å². The number of amides is 1. The number of rotatable bonds is 27. The van der Waals surface area contributed by atoms with Gasteiger partial charge in [0.25, 0.3) is 5.91 Å². The lowest BCUT2D eigenvalue weighted by Gasteiger charge is -2.32. The number of Topliss-reactive ketones (excluding diaryl/α,β-unsaturated/α-hetero) is 7. The van der Waals surface area contributed by atoms with E-state index in [2.05, 4.69) is 63.2 Å². The molecule has 718 valence electrons. The standard InChI is InChI=1S/C29H28N4O2S.C28H29N3O3S.C27H25Cl2N3O3S.C27H28N2O2S2/c1-3-25(34)20-10-11-24-23(16-20)32-29(28-21(17-30)7-5-13-31-28)33(24)22-8-4-6-19(14-22)15-26(35)27-12-9-18(2)36-27;1-3-25(33)19-8-11-24-23(15-19)30-28(22-10-9-21(32)16-29-22)31(24)20-6-4-5-18(13-20)14-26(34)27-12-7-17(2)35-27;1-2-22(33)15-6-8-21-20(12-15)31-26(19-13-16(28)7-9-23(19)34)32(21)18-5-3-4-17(14-18)30-27(35)24-10-11-25(29)36-24;1-3-23(30)19-10-11-22-21(16-19)28-27(26-8-5-13-32-26)29(22)20-7-4-6-18(14-20)15-24(31)25-12-9-17(2)33-25/h5,7,9-13,16,19,22H,3-4,6,8,14-15H2,1-2H3;7-12,15-16,18,20,32H,3-6,13-14H2,1-2H3;6-13,17-18,34H,2-5,14H2,1H3,(H,30,35);5,8-13,16,18,20H,3-4,6-7,14-15H2,1-2H3/t19-,22+;18-,20+;17-,18+;18-,20+/m1111/s1. The van der Waals surface area contributed by atoms with Gasteiger partial charge in [-0.05, 0) is 297 Å². The number of aromatic hydroxyl groups is 2. The number of benzene rings is 5. The molecule has 11 aromatic heterocycles. The van der Waals surface area contributed by atoms with Gasteiger partial charge in [-0.15, -0.1) is 56.7 Å². The minimum atomic E-state index is -0.122. The van der Waals surface area contributed by atoms with Crippen molar-refractivity contribution in [3.8, 4) is 62.7 Å². The first kappa shape index (κ1) is 99.2. The highest BCUT2D eigenvalue weighted by Gasteiger charge is 2.36. The fraction of sp³-hybridized carbons (Fsp3) is 0.342. The summed E-state index contributed by atoms with van der Waals surface area (Å²) >= 11 is 20.0. The van der Waals surface area contributed by atoms with Crippen LogP contribution in [-0.2, 0) is 0 Å². The molecule has 0 aliphatic heterocycles. The SMILES string of the molecule is CCC(=O)c1ccc2c(c1)nc(-c1cc(Cl)ccc1O)n2[C@H]1CCC[C@@H](NC(=O)c2ccc(Cl)s2)C1.CCC(=O)c1ccc2c(c1)nc(-c1ccc(O)cn1)n2[C@H]1CCC[C@@H](CC(=O)c2ccc(C)s2)C1.CCC(=O)c1ccc2c(c1)nc(-c1cccs1)n2[C@H]1CCC[C@@H](CC(=O)c2ccc(C)s2)C1.CCC(=O)c1ccc2c(c1)nc(-c1ncccc1C#N)n2[C@H]1CCC[C@@H](CC(=O)c2ccc(C)s2)C1. The van der Waals surface area contributed by atoms with E-state index in [0.717, 1.165) is 181 Å². The maximum Gasteiger partial charge on any atom is 0.261 e. The number of carbonyl (C=O) groups is 8. The van der Waals surface area contributed by atoms with Crippen LogP contribution in [0.4, 0.5) is 0 Å². The van der Waals surface area contributed by atoms with Gasteiger partial charge in [0.15, 0.2) is 58.0 Å². The average Bonchev–Trinajstić information content (AvgIpc) is 1.61. The van der Waals surface area contributed by atoms with E-state index < -0.39 is 0 Å². The van der Waals surface area contributed by atoms with E-state index >= 15 is 0 Å². The lowest BCUT2D eigenvalue weighted by Crippen LogP contribution is -2.38. The Kier molecular flexibility index (Phi) is 31.6. The molecule has 0 radical (unpaired) electrons. The van der Waals surface area contributed by atoms with E-state index in [4.69, 9.17) is 43.1 Å². The van der Waals surface area contributed by atoms with Crippen LogP contribution in [0.5, 0.6) is 11.5 Å². The number of fused-ring (bicyclic) bond motifs is 4. The van der Waals surface area contributed by atoms with Gasteiger partial charge in [0.1, 0.15) is 34.8 Å². The number of phenolic OH excluding ortho intramolecular Hbond substituents is 1. The first-order valence-electron chi connectivity index (χ1n) is 48.4. The summed E-state index contributed by atoms with van der Waals surface area (Å²) in [5.74, 6) is 5.05. The number of pyridine rings is 2. The maximum atomic E-state index is 12.9. The minimum Gasteiger partial charge on any atom is -0.507 e.